The van der Waals surface area contributed by atoms with Gasteiger partial charge in [-0.15, -0.1) is 0 Å². The van der Waals surface area contributed by atoms with E-state index in [-0.39, 0.29) is 0 Å². The Kier molecular flexibility index (Phi) is 3.19. The minimum Gasteiger partial charge on any atom is -0.299 e. The molecule has 2 heterocycles. The van der Waals surface area contributed by atoms with Gasteiger partial charge in [0.2, 0.25) is 0 Å². The van der Waals surface area contributed by atoms with Crippen LogP contribution in [0.4, 0.5) is 0 Å². The average molecular weight is 196 g/mol. The summed E-state index contributed by atoms with van der Waals surface area (Å²) in [7, 11) is 0. The number of piperazine rings is 1. The highest BCUT2D eigenvalue weighted by molar-refractivity contribution is 5.77. The van der Waals surface area contributed by atoms with Crippen LogP contribution < -0.4 is 0 Å². The Labute approximate surface area is 86.1 Å². The van der Waals surface area contributed by atoms with Gasteiger partial charge < -0.3 is 0 Å². The van der Waals surface area contributed by atoms with Crippen LogP contribution in [0.25, 0.3) is 0 Å². The maximum atomic E-state index is 11.0. The topological polar surface area (TPSA) is 23.6 Å². The van der Waals surface area contributed by atoms with Crippen LogP contribution in [0.15, 0.2) is 0 Å². The Bertz CT molecular complexity index is 217. The van der Waals surface area contributed by atoms with Crippen LogP contribution in [0.1, 0.15) is 26.2 Å². The summed E-state index contributed by atoms with van der Waals surface area (Å²) in [6.07, 6.45) is 4.06. The number of Topliss-reactive ketones (excluding diaryl/α,β-unsaturated/α-hetero) is 1. The molecule has 3 nitrogen and oxygen atoms in total. The summed E-state index contributed by atoms with van der Waals surface area (Å²) < 4.78 is 0. The third-order valence-corrected chi connectivity index (χ3v) is 3.37. The summed E-state index contributed by atoms with van der Waals surface area (Å²) in [6.45, 7) is 6.98. The molecule has 2 saturated heterocycles. The number of hydrogen-bond donors (Lipinski definition) is 0. The first-order chi connectivity index (χ1) is 6.75. The molecule has 0 aliphatic carbocycles. The first-order valence-corrected chi connectivity index (χ1v) is 5.71. The van der Waals surface area contributed by atoms with Gasteiger partial charge in [-0.3, -0.25) is 14.6 Å². The molecule has 2 fully saturated rings. The third kappa shape index (κ3) is 2.34. The zero-order valence-electron chi connectivity index (χ0n) is 9.04. The van der Waals surface area contributed by atoms with Gasteiger partial charge in [0.25, 0.3) is 0 Å². The van der Waals surface area contributed by atoms with E-state index in [2.05, 4.69) is 9.80 Å². The molecular formula is C11H20N2O. The smallest absolute Gasteiger partial charge is 0.143 e. The second kappa shape index (κ2) is 4.41. The molecule has 0 aromatic heterocycles. The van der Waals surface area contributed by atoms with Crippen molar-refractivity contribution in [3.05, 3.63) is 0 Å². The van der Waals surface area contributed by atoms with Gasteiger partial charge in [0.05, 0.1) is 6.54 Å². The van der Waals surface area contributed by atoms with Crippen LogP contribution in [0.5, 0.6) is 0 Å². The predicted octanol–water partition coefficient (Wildman–Crippen LogP) is 0.745. The van der Waals surface area contributed by atoms with Gasteiger partial charge >= 0.3 is 0 Å². The predicted molar refractivity (Wildman–Crippen MR) is 56.3 cm³/mol. The van der Waals surface area contributed by atoms with Crippen LogP contribution >= 0.6 is 0 Å². The number of hydrogen-bond acceptors (Lipinski definition) is 3. The van der Waals surface area contributed by atoms with E-state index < -0.39 is 0 Å². The lowest BCUT2D eigenvalue weighted by Crippen LogP contribution is -2.55. The molecule has 80 valence electrons. The lowest BCUT2D eigenvalue weighted by molar-refractivity contribution is -0.119. The highest BCUT2D eigenvalue weighted by atomic mass is 16.1. The highest BCUT2D eigenvalue weighted by Gasteiger charge is 2.28. The Morgan fingerprint density at radius 1 is 1.29 bits per heavy atom. The molecule has 14 heavy (non-hydrogen) atoms. The second-order valence-corrected chi connectivity index (χ2v) is 4.62. The number of piperidine rings is 1. The molecule has 1 atom stereocenters. The van der Waals surface area contributed by atoms with E-state index in [9.17, 15) is 4.79 Å². The quantitative estimate of drug-likeness (QED) is 0.651. The summed E-state index contributed by atoms with van der Waals surface area (Å²) >= 11 is 0. The first-order valence-electron chi connectivity index (χ1n) is 5.71. The summed E-state index contributed by atoms with van der Waals surface area (Å²) in [4.78, 5) is 15.9. The van der Waals surface area contributed by atoms with Gasteiger partial charge in [-0.1, -0.05) is 6.42 Å². The van der Waals surface area contributed by atoms with E-state index in [4.69, 9.17) is 0 Å². The second-order valence-electron chi connectivity index (χ2n) is 4.62. The van der Waals surface area contributed by atoms with Crippen LogP contribution in [-0.4, -0.2) is 54.3 Å². The maximum Gasteiger partial charge on any atom is 0.143 e. The molecule has 0 bridgehead atoms. The van der Waals surface area contributed by atoms with Crippen molar-refractivity contribution in [1.29, 1.82) is 0 Å². The summed E-state index contributed by atoms with van der Waals surface area (Å²) in [6, 6.07) is 0.733. The molecule has 0 radical (unpaired) electrons. The summed E-state index contributed by atoms with van der Waals surface area (Å²) in [5, 5.41) is 0. The molecule has 0 saturated carbocycles. The number of nitrogens with zero attached hydrogens (tertiary/aromatic N) is 2. The molecule has 0 spiro atoms. The van der Waals surface area contributed by atoms with Gasteiger partial charge in [-0.25, -0.2) is 0 Å². The van der Waals surface area contributed by atoms with E-state index in [1.54, 1.807) is 6.92 Å². The van der Waals surface area contributed by atoms with Crippen LogP contribution in [0, 0.1) is 0 Å². The Morgan fingerprint density at radius 2 is 2.14 bits per heavy atom. The van der Waals surface area contributed by atoms with Crippen molar-refractivity contribution in [2.24, 2.45) is 0 Å². The van der Waals surface area contributed by atoms with E-state index in [0.29, 0.717) is 12.3 Å². The highest BCUT2D eigenvalue weighted by Crippen LogP contribution is 2.20. The molecule has 3 heteroatoms. The fourth-order valence-electron chi connectivity index (χ4n) is 2.68. The summed E-state index contributed by atoms with van der Waals surface area (Å²) in [5.41, 5.74) is 0. The van der Waals surface area contributed by atoms with Crippen molar-refractivity contribution < 1.29 is 4.79 Å². The number of carbonyl (C=O) groups is 1. The van der Waals surface area contributed by atoms with E-state index >= 15 is 0 Å². The minimum absolute atomic E-state index is 0.300. The van der Waals surface area contributed by atoms with Gasteiger partial charge in [-0.2, -0.15) is 0 Å². The molecule has 0 N–H and O–H groups in total. The molecule has 0 aromatic carbocycles. The Hall–Kier alpha value is -0.410. The molecule has 0 amide bonds. The number of fused-ring (bicyclic) bond motifs is 1. The first kappa shape index (κ1) is 10.1. The van der Waals surface area contributed by atoms with Crippen molar-refractivity contribution in [2.45, 2.75) is 32.2 Å². The van der Waals surface area contributed by atoms with Gasteiger partial charge in [0.15, 0.2) is 0 Å². The number of rotatable bonds is 2. The fraction of sp³-hybridized carbons (Fsp3) is 0.909. The van der Waals surface area contributed by atoms with Gasteiger partial charge in [-0.05, 0) is 26.3 Å². The lowest BCUT2D eigenvalue weighted by Gasteiger charge is -2.43. The summed E-state index contributed by atoms with van der Waals surface area (Å²) in [5.74, 6) is 0.300. The van der Waals surface area contributed by atoms with Crippen molar-refractivity contribution in [2.75, 3.05) is 32.7 Å². The van der Waals surface area contributed by atoms with Crippen LogP contribution in [0.2, 0.25) is 0 Å². The fourth-order valence-corrected chi connectivity index (χ4v) is 2.68. The molecule has 1 unspecified atom stereocenters. The zero-order valence-corrected chi connectivity index (χ0v) is 9.04. The van der Waals surface area contributed by atoms with Crippen molar-refractivity contribution in [3.8, 4) is 0 Å². The van der Waals surface area contributed by atoms with Gasteiger partial charge in [0, 0.05) is 25.7 Å². The van der Waals surface area contributed by atoms with Crippen LogP contribution in [0.3, 0.4) is 0 Å². The number of carbonyl (C=O) groups excluding carboxylic acids is 1. The molecule has 2 aliphatic rings. The van der Waals surface area contributed by atoms with E-state index in [1.165, 1.54) is 25.8 Å². The lowest BCUT2D eigenvalue weighted by atomic mass is 9.99. The maximum absolute atomic E-state index is 11.0. The van der Waals surface area contributed by atoms with E-state index in [0.717, 1.165) is 25.7 Å². The van der Waals surface area contributed by atoms with E-state index in [1.807, 2.05) is 0 Å². The third-order valence-electron chi connectivity index (χ3n) is 3.37. The largest absolute Gasteiger partial charge is 0.299 e. The SMILES string of the molecule is CC(=O)CN1CCN2CCCCC2C1. The molecule has 0 aromatic rings. The zero-order chi connectivity index (χ0) is 9.97. The Balaban J connectivity index is 1.86. The molecule has 2 aliphatic heterocycles. The average Bonchev–Trinajstić information content (AvgIpc) is 2.17. The normalized spacial score (nSPS) is 29.9. The minimum atomic E-state index is 0.300. The van der Waals surface area contributed by atoms with Crippen LogP contribution in [-0.2, 0) is 4.79 Å². The number of ketones is 1. The standard InChI is InChI=1S/C11H20N2O/c1-10(14)8-12-6-7-13-5-3-2-4-11(13)9-12/h11H,2-9H2,1H3. The Morgan fingerprint density at radius 3 is 2.93 bits per heavy atom. The van der Waals surface area contributed by atoms with Gasteiger partial charge in [0.1, 0.15) is 5.78 Å². The van der Waals surface area contributed by atoms with Crippen molar-refractivity contribution >= 4 is 5.78 Å². The molecular weight excluding hydrogens is 176 g/mol. The van der Waals surface area contributed by atoms with Crippen molar-refractivity contribution in [1.82, 2.24) is 9.80 Å². The molecule has 2 rings (SSSR count). The van der Waals surface area contributed by atoms with Crippen molar-refractivity contribution in [3.63, 3.8) is 0 Å². The monoisotopic (exact) mass is 196 g/mol.